The van der Waals surface area contributed by atoms with Gasteiger partial charge in [-0.3, -0.25) is 24.0 Å². The first-order valence-corrected chi connectivity index (χ1v) is 17.9. The average molecular weight is 742 g/mol. The molecule has 1 aliphatic heterocycles. The molecule has 0 unspecified atom stereocenters. The minimum absolute atomic E-state index is 0.109. The molecule has 1 aromatic carbocycles. The van der Waals surface area contributed by atoms with E-state index in [1.165, 1.54) is 11.8 Å². The second kappa shape index (κ2) is 18.0. The van der Waals surface area contributed by atoms with Crippen molar-refractivity contribution < 1.29 is 43.1 Å². The van der Waals surface area contributed by atoms with Crippen LogP contribution in [-0.2, 0) is 48.6 Å². The van der Waals surface area contributed by atoms with Crippen LogP contribution in [0.2, 0.25) is 0 Å². The number of amides is 5. The molecular formula is C39H59N5O9. The summed E-state index contributed by atoms with van der Waals surface area (Å²) in [7, 11) is 3.30. The van der Waals surface area contributed by atoms with Crippen LogP contribution < -0.4 is 16.0 Å². The second-order valence-corrected chi connectivity index (χ2v) is 16.5. The highest BCUT2D eigenvalue weighted by atomic mass is 16.7. The van der Waals surface area contributed by atoms with Crippen molar-refractivity contribution in [3.05, 3.63) is 47.5 Å². The predicted octanol–water partition coefficient (Wildman–Crippen LogP) is 3.34. The van der Waals surface area contributed by atoms with Gasteiger partial charge in [-0.2, -0.15) is 0 Å². The first-order valence-electron chi connectivity index (χ1n) is 17.9. The van der Waals surface area contributed by atoms with Gasteiger partial charge >= 0.3 is 11.9 Å². The van der Waals surface area contributed by atoms with Gasteiger partial charge < -0.3 is 30.4 Å². The van der Waals surface area contributed by atoms with Crippen molar-refractivity contribution in [3.8, 4) is 0 Å². The number of hydrogen-bond acceptors (Lipinski definition) is 10. The molecular weight excluding hydrogens is 682 g/mol. The summed E-state index contributed by atoms with van der Waals surface area (Å²) >= 11 is 0. The quantitative estimate of drug-likeness (QED) is 0.137. The second-order valence-electron chi connectivity index (χ2n) is 16.5. The summed E-state index contributed by atoms with van der Waals surface area (Å²) in [4.78, 5) is 97.8. The zero-order valence-electron chi connectivity index (χ0n) is 33.5. The summed E-state index contributed by atoms with van der Waals surface area (Å²) in [6.07, 6.45) is 0.642. The van der Waals surface area contributed by atoms with E-state index in [2.05, 4.69) is 16.0 Å². The monoisotopic (exact) mass is 741 g/mol. The maximum Gasteiger partial charge on any atom is 0.335 e. The number of likely N-dealkylation sites (N-methyl/N-ethyl adjacent to an activating group) is 2. The molecule has 0 radical (unpaired) electrons. The molecule has 0 aliphatic carbocycles. The number of hydroxylamine groups is 2. The molecule has 0 aromatic heterocycles. The normalized spacial score (nSPS) is 16.4. The van der Waals surface area contributed by atoms with Crippen LogP contribution in [0.5, 0.6) is 0 Å². The van der Waals surface area contributed by atoms with E-state index < -0.39 is 76.7 Å². The zero-order valence-corrected chi connectivity index (χ0v) is 33.5. The number of carbonyl (C=O) groups is 7. The van der Waals surface area contributed by atoms with Gasteiger partial charge in [0.15, 0.2) is 0 Å². The van der Waals surface area contributed by atoms with Gasteiger partial charge in [-0.15, -0.1) is 5.06 Å². The third-order valence-corrected chi connectivity index (χ3v) is 9.01. The van der Waals surface area contributed by atoms with Gasteiger partial charge in [-0.25, -0.2) is 9.59 Å². The summed E-state index contributed by atoms with van der Waals surface area (Å²) in [5, 5.41) is 9.01. The average Bonchev–Trinajstić information content (AvgIpc) is 3.36. The minimum Gasteiger partial charge on any atom is -0.458 e. The van der Waals surface area contributed by atoms with Crippen LogP contribution in [0, 0.1) is 11.3 Å². The van der Waals surface area contributed by atoms with Crippen molar-refractivity contribution in [1.82, 2.24) is 25.9 Å². The number of carbonyl (C=O) groups excluding carboxylic acids is 7. The maximum absolute atomic E-state index is 14.3. The molecule has 0 saturated carbocycles. The van der Waals surface area contributed by atoms with Crippen LogP contribution in [0.15, 0.2) is 42.0 Å². The SMILES string of the molecule is CN[C@H](C(=O)N[C@H](C(=O)N(C)[C@H](/C=C(\C)C(=O)N[C@@H](CC(=O)ON1C(=O)CCC1=O)C(=O)OC(C)(C)C)C(C)C)C(C)(C)C)C(C)(C)c1ccccc1. The van der Waals surface area contributed by atoms with Crippen molar-refractivity contribution >= 4 is 41.5 Å². The van der Waals surface area contributed by atoms with Crippen LogP contribution >= 0.6 is 0 Å². The molecule has 14 nitrogen and oxygen atoms in total. The number of rotatable bonds is 15. The highest BCUT2D eigenvalue weighted by Gasteiger charge is 2.42. The number of hydrogen-bond donors (Lipinski definition) is 3. The van der Waals surface area contributed by atoms with E-state index in [0.717, 1.165) is 5.56 Å². The third kappa shape index (κ3) is 12.2. The zero-order chi connectivity index (χ0) is 40.6. The van der Waals surface area contributed by atoms with E-state index in [4.69, 9.17) is 9.57 Å². The number of ether oxygens (including phenoxy) is 1. The van der Waals surface area contributed by atoms with E-state index in [-0.39, 0.29) is 36.1 Å². The van der Waals surface area contributed by atoms with Crippen LogP contribution in [0.4, 0.5) is 0 Å². The van der Waals surface area contributed by atoms with Gasteiger partial charge in [0.05, 0.1) is 18.5 Å². The van der Waals surface area contributed by atoms with Crippen LogP contribution in [-0.4, -0.2) is 95.3 Å². The molecule has 1 aliphatic rings. The Morgan fingerprint density at radius 1 is 0.887 bits per heavy atom. The van der Waals surface area contributed by atoms with Gasteiger partial charge in [0.2, 0.25) is 17.7 Å². The fraction of sp³-hybridized carbons (Fsp3) is 0.615. The summed E-state index contributed by atoms with van der Waals surface area (Å²) in [6, 6.07) is 5.86. The number of benzene rings is 1. The van der Waals surface area contributed by atoms with Crippen LogP contribution in [0.3, 0.4) is 0 Å². The molecule has 2 rings (SSSR count). The number of imide groups is 1. The highest BCUT2D eigenvalue weighted by Crippen LogP contribution is 2.29. The lowest BCUT2D eigenvalue weighted by Crippen LogP contribution is -2.61. The van der Waals surface area contributed by atoms with Crippen molar-refractivity contribution in [2.45, 2.75) is 131 Å². The standard InChI is InChI=1S/C39H59N5O9/c1-23(2)27(43(13)35(50)32(37(4,5)6)42-34(49)31(40-12)39(10,11)25-17-15-14-16-18-25)21-24(3)33(48)41-26(36(51)52-38(7,8)9)22-30(47)53-44-28(45)19-20-29(44)46/h14-18,21,23,26-27,31-32,40H,19-20,22H2,1-13H3,(H,41,48)(H,42,49)/b24-21+/t26-,27+,31+,32+/m0/s1. The van der Waals surface area contributed by atoms with E-state index in [1.54, 1.807) is 40.9 Å². The van der Waals surface area contributed by atoms with Gasteiger partial charge in [0, 0.05) is 30.9 Å². The fourth-order valence-electron chi connectivity index (χ4n) is 5.96. The lowest BCUT2D eigenvalue weighted by Gasteiger charge is -2.40. The lowest BCUT2D eigenvalue weighted by molar-refractivity contribution is -0.198. The fourth-order valence-corrected chi connectivity index (χ4v) is 5.96. The number of nitrogens with zero attached hydrogens (tertiary/aromatic N) is 2. The number of nitrogens with one attached hydrogen (secondary N) is 3. The van der Waals surface area contributed by atoms with E-state index in [0.29, 0.717) is 5.06 Å². The molecule has 5 amide bonds. The summed E-state index contributed by atoms with van der Waals surface area (Å²) in [5.41, 5.74) is -1.21. The Labute approximate surface area is 313 Å². The Balaban J connectivity index is 2.34. The van der Waals surface area contributed by atoms with Crippen molar-refractivity contribution in [2.24, 2.45) is 11.3 Å². The first-order chi connectivity index (χ1) is 24.3. The smallest absolute Gasteiger partial charge is 0.335 e. The molecule has 4 atom stereocenters. The van der Waals surface area contributed by atoms with Gasteiger partial charge in [-0.05, 0) is 51.6 Å². The van der Waals surface area contributed by atoms with Gasteiger partial charge in [0.25, 0.3) is 11.8 Å². The topological polar surface area (TPSA) is 181 Å². The maximum atomic E-state index is 14.3. The minimum atomic E-state index is -1.53. The van der Waals surface area contributed by atoms with Crippen LogP contribution in [0.25, 0.3) is 0 Å². The van der Waals surface area contributed by atoms with E-state index >= 15 is 0 Å². The largest absolute Gasteiger partial charge is 0.458 e. The Bertz CT molecular complexity index is 1540. The summed E-state index contributed by atoms with van der Waals surface area (Å²) in [5.74, 6) is -5.05. The van der Waals surface area contributed by atoms with Crippen molar-refractivity contribution in [3.63, 3.8) is 0 Å². The Hall–Kier alpha value is -4.59. The Morgan fingerprint density at radius 2 is 1.43 bits per heavy atom. The van der Waals surface area contributed by atoms with Gasteiger partial charge in [-0.1, -0.05) is 84.9 Å². The predicted molar refractivity (Wildman–Crippen MR) is 198 cm³/mol. The number of esters is 1. The Kier molecular flexibility index (Phi) is 15.1. The highest BCUT2D eigenvalue weighted by molar-refractivity contribution is 6.02. The molecule has 3 N–H and O–H groups in total. The molecule has 0 spiro atoms. The van der Waals surface area contributed by atoms with Gasteiger partial charge in [0.1, 0.15) is 17.7 Å². The first kappa shape index (κ1) is 44.6. The molecule has 14 heteroatoms. The molecule has 0 bridgehead atoms. The molecule has 53 heavy (non-hydrogen) atoms. The summed E-state index contributed by atoms with van der Waals surface area (Å²) < 4.78 is 5.42. The lowest BCUT2D eigenvalue weighted by atomic mass is 9.76. The summed E-state index contributed by atoms with van der Waals surface area (Å²) in [6.45, 7) is 19.6. The van der Waals surface area contributed by atoms with Crippen LogP contribution in [0.1, 0.15) is 101 Å². The Morgan fingerprint density at radius 3 is 1.91 bits per heavy atom. The molecule has 1 aromatic rings. The van der Waals surface area contributed by atoms with Crippen molar-refractivity contribution in [2.75, 3.05) is 14.1 Å². The van der Waals surface area contributed by atoms with E-state index in [9.17, 15) is 33.6 Å². The third-order valence-electron chi connectivity index (χ3n) is 9.01. The molecule has 1 heterocycles. The van der Waals surface area contributed by atoms with E-state index in [1.807, 2.05) is 78.8 Å². The molecule has 1 saturated heterocycles. The molecule has 1 fully saturated rings. The molecule has 294 valence electrons. The van der Waals surface area contributed by atoms with Crippen molar-refractivity contribution in [1.29, 1.82) is 0 Å².